The molecule has 0 unspecified atom stereocenters. The molecule has 0 fully saturated rings. The molecular weight excluding hydrogens is 386 g/mol. The van der Waals surface area contributed by atoms with Crippen molar-refractivity contribution in [1.82, 2.24) is 10.0 Å². The molecule has 7 heteroatoms. The van der Waals surface area contributed by atoms with Crippen molar-refractivity contribution >= 4 is 26.7 Å². The largest absolute Gasteiger partial charge is 0.354 e. The van der Waals surface area contributed by atoms with Crippen molar-refractivity contribution < 1.29 is 13.2 Å². The number of nitrogens with one attached hydrogen (secondary N) is 2. The molecule has 1 amide bonds. The fraction of sp³-hybridized carbons (Fsp3) is 0.273. The van der Waals surface area contributed by atoms with Crippen LogP contribution in [0.25, 0.3) is 4.91 Å². The van der Waals surface area contributed by atoms with Gasteiger partial charge in [0, 0.05) is 12.1 Å². The van der Waals surface area contributed by atoms with Crippen LogP contribution in [0.15, 0.2) is 65.2 Å². The zero-order valence-corrected chi connectivity index (χ0v) is 17.4. The Bertz CT molecular complexity index is 1040. The predicted octanol–water partition coefficient (Wildman–Crippen LogP) is 2.81. The van der Waals surface area contributed by atoms with Gasteiger partial charge in [0.2, 0.25) is 5.91 Å². The Morgan fingerprint density at radius 1 is 1.07 bits per heavy atom. The third kappa shape index (κ3) is 5.12. The molecule has 152 valence electrons. The molecule has 6 nitrogen and oxygen atoms in total. The lowest BCUT2D eigenvalue weighted by molar-refractivity contribution is -0.119. The first-order valence-corrected chi connectivity index (χ1v) is 11.1. The summed E-state index contributed by atoms with van der Waals surface area (Å²) in [5, 5.41) is 2.82. The van der Waals surface area contributed by atoms with Crippen molar-refractivity contribution in [3.63, 3.8) is 0 Å². The molecule has 2 N–H and O–H groups in total. The molecule has 0 radical (unpaired) electrons. The van der Waals surface area contributed by atoms with Gasteiger partial charge < -0.3 is 5.32 Å². The standard InChI is InChI=1S/C22H25N3O3S/c1-3-19-21(18-11-9-16(2)10-12-18)29(27,28)25-22(19)24-15-20(26)23-14-13-17-7-5-4-6-8-17/h4-12H,3,13-15H2,1-2H3,(H,23,26)(H,24,25). The summed E-state index contributed by atoms with van der Waals surface area (Å²) in [4.78, 5) is 16.6. The summed E-state index contributed by atoms with van der Waals surface area (Å²) in [6.07, 6.45) is 1.22. The first-order valence-electron chi connectivity index (χ1n) is 9.59. The third-order valence-corrected chi connectivity index (χ3v) is 6.17. The maximum absolute atomic E-state index is 12.7. The Kier molecular flexibility index (Phi) is 6.49. The van der Waals surface area contributed by atoms with Crippen molar-refractivity contribution in [2.75, 3.05) is 13.1 Å². The molecule has 0 aliphatic carbocycles. The highest BCUT2D eigenvalue weighted by molar-refractivity contribution is 8.00. The van der Waals surface area contributed by atoms with Crippen LogP contribution in [0, 0.1) is 6.92 Å². The lowest BCUT2D eigenvalue weighted by Gasteiger charge is -2.05. The molecule has 3 rings (SSSR count). The number of amidine groups is 1. The molecule has 1 heterocycles. The number of amides is 1. The van der Waals surface area contributed by atoms with Crippen LogP contribution in [0.1, 0.15) is 30.0 Å². The first-order chi connectivity index (χ1) is 13.9. The van der Waals surface area contributed by atoms with E-state index in [1.54, 1.807) is 12.1 Å². The van der Waals surface area contributed by atoms with Gasteiger partial charge in [-0.2, -0.15) is 0 Å². The monoisotopic (exact) mass is 411 g/mol. The van der Waals surface area contributed by atoms with Crippen LogP contribution in [0.3, 0.4) is 0 Å². The highest BCUT2D eigenvalue weighted by Gasteiger charge is 2.33. The number of aryl methyl sites for hydroxylation is 1. The minimum atomic E-state index is -3.70. The molecular formula is C22H25N3O3S. The van der Waals surface area contributed by atoms with Crippen LogP contribution in [-0.2, 0) is 21.2 Å². The average Bonchev–Trinajstić information content (AvgIpc) is 2.97. The minimum absolute atomic E-state index is 0.128. The van der Waals surface area contributed by atoms with Gasteiger partial charge in [-0.05, 0) is 30.9 Å². The van der Waals surface area contributed by atoms with E-state index in [4.69, 9.17) is 0 Å². The van der Waals surface area contributed by atoms with Crippen LogP contribution in [0.2, 0.25) is 0 Å². The second kappa shape index (κ2) is 9.05. The van der Waals surface area contributed by atoms with Crippen molar-refractivity contribution in [3.05, 3.63) is 76.9 Å². The molecule has 1 aliphatic heterocycles. The number of carbonyl (C=O) groups is 1. The lowest BCUT2D eigenvalue weighted by atomic mass is 10.1. The number of nitrogens with zero attached hydrogens (tertiary/aromatic N) is 1. The molecule has 0 aromatic heterocycles. The summed E-state index contributed by atoms with van der Waals surface area (Å²) in [5.74, 6) is 0.00755. The maximum Gasteiger partial charge on any atom is 0.264 e. The van der Waals surface area contributed by atoms with Gasteiger partial charge in [0.15, 0.2) is 0 Å². The Labute approximate surface area is 171 Å². The van der Waals surface area contributed by atoms with E-state index >= 15 is 0 Å². The zero-order chi connectivity index (χ0) is 20.9. The molecule has 2 aromatic rings. The fourth-order valence-corrected chi connectivity index (χ4v) is 4.75. The van der Waals surface area contributed by atoms with Gasteiger partial charge in [0.1, 0.15) is 17.3 Å². The highest BCUT2D eigenvalue weighted by atomic mass is 32.2. The van der Waals surface area contributed by atoms with Crippen molar-refractivity contribution in [2.24, 2.45) is 4.99 Å². The second-order valence-corrected chi connectivity index (χ2v) is 8.50. The van der Waals surface area contributed by atoms with Gasteiger partial charge >= 0.3 is 0 Å². The van der Waals surface area contributed by atoms with E-state index in [0.29, 0.717) is 24.1 Å². The Morgan fingerprint density at radius 3 is 2.41 bits per heavy atom. The quantitative estimate of drug-likeness (QED) is 0.734. The lowest BCUT2D eigenvalue weighted by Crippen LogP contribution is -2.30. The Balaban J connectivity index is 1.70. The predicted molar refractivity (Wildman–Crippen MR) is 116 cm³/mol. The van der Waals surface area contributed by atoms with E-state index in [-0.39, 0.29) is 23.2 Å². The summed E-state index contributed by atoms with van der Waals surface area (Å²) in [5.41, 5.74) is 3.42. The SMILES string of the molecule is CCC1=C(c2ccc(C)cc2)S(=O)(=O)NC1=NCC(=O)NCCc1ccccc1. The van der Waals surface area contributed by atoms with E-state index in [0.717, 1.165) is 17.5 Å². The summed E-state index contributed by atoms with van der Waals surface area (Å²) >= 11 is 0. The van der Waals surface area contributed by atoms with Crippen LogP contribution in [0.5, 0.6) is 0 Å². The zero-order valence-electron chi connectivity index (χ0n) is 16.6. The summed E-state index contributed by atoms with van der Waals surface area (Å²) in [6, 6.07) is 17.2. The van der Waals surface area contributed by atoms with Crippen LogP contribution < -0.4 is 10.0 Å². The smallest absolute Gasteiger partial charge is 0.264 e. The average molecular weight is 412 g/mol. The molecule has 0 saturated carbocycles. The number of carbonyl (C=O) groups excluding carboxylic acids is 1. The maximum atomic E-state index is 12.7. The molecule has 0 spiro atoms. The first kappa shape index (κ1) is 20.8. The Hall–Kier alpha value is -2.93. The van der Waals surface area contributed by atoms with Crippen LogP contribution >= 0.6 is 0 Å². The summed E-state index contributed by atoms with van der Waals surface area (Å²) < 4.78 is 27.8. The molecule has 2 aromatic carbocycles. The fourth-order valence-electron chi connectivity index (χ4n) is 3.20. The summed E-state index contributed by atoms with van der Waals surface area (Å²) in [7, 11) is -3.70. The second-order valence-electron chi connectivity index (χ2n) is 6.88. The van der Waals surface area contributed by atoms with E-state index in [9.17, 15) is 13.2 Å². The molecule has 0 atom stereocenters. The number of hydrogen-bond donors (Lipinski definition) is 2. The van der Waals surface area contributed by atoms with Crippen LogP contribution in [0.4, 0.5) is 0 Å². The van der Waals surface area contributed by atoms with Crippen molar-refractivity contribution in [3.8, 4) is 0 Å². The van der Waals surface area contributed by atoms with E-state index in [2.05, 4.69) is 15.0 Å². The number of benzene rings is 2. The van der Waals surface area contributed by atoms with E-state index in [1.165, 1.54) is 0 Å². The van der Waals surface area contributed by atoms with Crippen molar-refractivity contribution in [1.29, 1.82) is 0 Å². The van der Waals surface area contributed by atoms with Gasteiger partial charge in [-0.1, -0.05) is 67.1 Å². The summed E-state index contributed by atoms with van der Waals surface area (Å²) in [6.45, 7) is 4.20. The van der Waals surface area contributed by atoms with E-state index in [1.807, 2.05) is 56.3 Å². The number of aliphatic imine (C=N–C) groups is 1. The molecule has 0 saturated heterocycles. The molecule has 1 aliphatic rings. The van der Waals surface area contributed by atoms with Crippen molar-refractivity contribution in [2.45, 2.75) is 26.7 Å². The molecule has 0 bridgehead atoms. The minimum Gasteiger partial charge on any atom is -0.354 e. The van der Waals surface area contributed by atoms with E-state index < -0.39 is 10.0 Å². The van der Waals surface area contributed by atoms with Gasteiger partial charge in [-0.3, -0.25) is 14.5 Å². The Morgan fingerprint density at radius 2 is 1.76 bits per heavy atom. The number of rotatable bonds is 7. The topological polar surface area (TPSA) is 87.6 Å². The third-order valence-electron chi connectivity index (χ3n) is 4.69. The normalized spacial score (nSPS) is 16.7. The van der Waals surface area contributed by atoms with Gasteiger partial charge in [-0.25, -0.2) is 8.42 Å². The van der Waals surface area contributed by atoms with Gasteiger partial charge in [0.05, 0.1) is 0 Å². The van der Waals surface area contributed by atoms with Gasteiger partial charge in [0.25, 0.3) is 10.0 Å². The van der Waals surface area contributed by atoms with Gasteiger partial charge in [-0.15, -0.1) is 0 Å². The number of hydrogen-bond acceptors (Lipinski definition) is 4. The molecule has 29 heavy (non-hydrogen) atoms. The highest BCUT2D eigenvalue weighted by Crippen LogP contribution is 2.31. The number of sulfonamides is 1. The van der Waals surface area contributed by atoms with Crippen LogP contribution in [-0.4, -0.2) is 33.3 Å².